The highest BCUT2D eigenvalue weighted by atomic mass is 16.5. The maximum Gasteiger partial charge on any atom is 0.331 e. The molecule has 6 N–H and O–H groups in total. The molecular formula is C15H26N4O4. The van der Waals surface area contributed by atoms with Gasteiger partial charge in [0, 0.05) is 25.5 Å². The molecule has 8 nitrogen and oxygen atoms in total. The van der Waals surface area contributed by atoms with E-state index in [1.165, 1.54) is 13.0 Å². The van der Waals surface area contributed by atoms with E-state index in [0.717, 1.165) is 19.3 Å². The summed E-state index contributed by atoms with van der Waals surface area (Å²) in [6.45, 7) is 3.97. The number of rotatable bonds is 8. The molecule has 1 amide bonds. The van der Waals surface area contributed by atoms with Gasteiger partial charge in [0.05, 0.1) is 18.2 Å². The van der Waals surface area contributed by atoms with Gasteiger partial charge in [-0.1, -0.05) is 19.8 Å². The maximum absolute atomic E-state index is 11.5. The van der Waals surface area contributed by atoms with Crippen LogP contribution >= 0.6 is 0 Å². The summed E-state index contributed by atoms with van der Waals surface area (Å²) in [5.41, 5.74) is 11.0. The standard InChI is InChI=1S/C15H26N4O4/c1-3-4-5-6-23-12-8-10(14(21)22)7-11(19-15(16)17)13(12)18-9(2)20/h7,11-13H,3-6,8H2,1-2H3,(H,18,20)(H,21,22)(H4,16,17,19). The van der Waals surface area contributed by atoms with E-state index in [1.807, 2.05) is 0 Å². The van der Waals surface area contributed by atoms with Crippen molar-refractivity contribution < 1.29 is 19.4 Å². The zero-order chi connectivity index (χ0) is 17.4. The number of carbonyl (C=O) groups is 2. The molecule has 0 aliphatic heterocycles. The summed E-state index contributed by atoms with van der Waals surface area (Å²) in [7, 11) is 0. The number of carbonyl (C=O) groups excluding carboxylic acids is 1. The van der Waals surface area contributed by atoms with Crippen molar-refractivity contribution in [1.82, 2.24) is 5.32 Å². The molecule has 23 heavy (non-hydrogen) atoms. The lowest BCUT2D eigenvalue weighted by atomic mass is 9.88. The Labute approximate surface area is 136 Å². The first-order valence-corrected chi connectivity index (χ1v) is 7.76. The van der Waals surface area contributed by atoms with Crippen LogP contribution in [0.25, 0.3) is 0 Å². The molecule has 0 spiro atoms. The molecule has 0 aromatic rings. The molecule has 3 atom stereocenters. The summed E-state index contributed by atoms with van der Waals surface area (Å²) >= 11 is 0. The number of aliphatic carboxylic acids is 1. The molecule has 0 radical (unpaired) electrons. The second-order valence-electron chi connectivity index (χ2n) is 5.59. The Morgan fingerprint density at radius 3 is 2.65 bits per heavy atom. The lowest BCUT2D eigenvalue weighted by Gasteiger charge is -2.34. The van der Waals surface area contributed by atoms with E-state index >= 15 is 0 Å². The third-order valence-corrected chi connectivity index (χ3v) is 3.58. The number of aliphatic imine (C=N–C) groups is 1. The number of guanidine groups is 1. The van der Waals surface area contributed by atoms with Crippen LogP contribution in [-0.2, 0) is 14.3 Å². The van der Waals surface area contributed by atoms with E-state index in [4.69, 9.17) is 16.2 Å². The van der Waals surface area contributed by atoms with Gasteiger partial charge in [-0.25, -0.2) is 9.79 Å². The van der Waals surface area contributed by atoms with Crippen molar-refractivity contribution in [3.63, 3.8) is 0 Å². The number of nitrogens with one attached hydrogen (secondary N) is 1. The van der Waals surface area contributed by atoms with Gasteiger partial charge in [-0.15, -0.1) is 0 Å². The smallest absolute Gasteiger partial charge is 0.331 e. The molecule has 0 saturated carbocycles. The minimum absolute atomic E-state index is 0.169. The molecule has 0 saturated heterocycles. The minimum atomic E-state index is -1.04. The van der Waals surface area contributed by atoms with Crippen molar-refractivity contribution in [2.75, 3.05) is 6.61 Å². The Morgan fingerprint density at radius 1 is 1.43 bits per heavy atom. The fourth-order valence-corrected chi connectivity index (χ4v) is 2.55. The summed E-state index contributed by atoms with van der Waals surface area (Å²) in [6, 6.07) is -1.17. The highest BCUT2D eigenvalue weighted by Gasteiger charge is 2.36. The molecule has 130 valence electrons. The number of carboxylic acids is 1. The SMILES string of the molecule is CCCCCOC1CC(C(=O)O)=CC(N=C(N)N)C1NC(C)=O. The monoisotopic (exact) mass is 326 g/mol. The summed E-state index contributed by atoms with van der Waals surface area (Å²) in [6.07, 6.45) is 4.13. The molecule has 0 bridgehead atoms. The van der Waals surface area contributed by atoms with Gasteiger partial charge in [0.15, 0.2) is 5.96 Å². The maximum atomic E-state index is 11.5. The van der Waals surface area contributed by atoms with Gasteiger partial charge in [-0.3, -0.25) is 4.79 Å². The molecule has 1 aliphatic carbocycles. The molecule has 0 aromatic heterocycles. The van der Waals surface area contributed by atoms with Crippen LogP contribution < -0.4 is 16.8 Å². The van der Waals surface area contributed by atoms with Crippen LogP contribution in [0.3, 0.4) is 0 Å². The number of hydrogen-bond donors (Lipinski definition) is 4. The van der Waals surface area contributed by atoms with Crippen molar-refractivity contribution >= 4 is 17.8 Å². The fraction of sp³-hybridized carbons (Fsp3) is 0.667. The molecule has 1 aliphatic rings. The second kappa shape index (κ2) is 9.14. The first kappa shape index (κ1) is 19.0. The van der Waals surface area contributed by atoms with Gasteiger partial charge in [0.25, 0.3) is 0 Å². The zero-order valence-corrected chi connectivity index (χ0v) is 13.6. The third kappa shape index (κ3) is 6.27. The lowest BCUT2D eigenvalue weighted by molar-refractivity contribution is -0.133. The molecule has 1 rings (SSSR count). The number of ether oxygens (including phenoxy) is 1. The van der Waals surface area contributed by atoms with Crippen molar-refractivity contribution in [2.24, 2.45) is 16.5 Å². The molecule has 0 heterocycles. The summed E-state index contributed by atoms with van der Waals surface area (Å²) in [5, 5.41) is 12.0. The number of hydrogen-bond acceptors (Lipinski definition) is 4. The van der Waals surface area contributed by atoms with Crippen molar-refractivity contribution in [3.05, 3.63) is 11.6 Å². The number of carboxylic acid groups (broad SMARTS) is 1. The summed E-state index contributed by atoms with van der Waals surface area (Å²) in [5.74, 6) is -1.46. The molecule has 0 aromatic carbocycles. The average molecular weight is 326 g/mol. The first-order valence-electron chi connectivity index (χ1n) is 7.76. The van der Waals surface area contributed by atoms with E-state index < -0.39 is 24.2 Å². The predicted octanol–water partition coefficient (Wildman–Crippen LogP) is 0.123. The Bertz CT molecular complexity index is 486. The second-order valence-corrected chi connectivity index (χ2v) is 5.59. The van der Waals surface area contributed by atoms with E-state index in [0.29, 0.717) is 6.61 Å². The highest BCUT2D eigenvalue weighted by molar-refractivity contribution is 5.87. The van der Waals surface area contributed by atoms with Crippen molar-refractivity contribution in [1.29, 1.82) is 0 Å². The average Bonchev–Trinajstić information content (AvgIpc) is 2.45. The van der Waals surface area contributed by atoms with Crippen LogP contribution in [0.2, 0.25) is 0 Å². The molecule has 8 heteroatoms. The predicted molar refractivity (Wildman–Crippen MR) is 86.8 cm³/mol. The van der Waals surface area contributed by atoms with E-state index in [1.54, 1.807) is 0 Å². The third-order valence-electron chi connectivity index (χ3n) is 3.58. The number of nitrogens with two attached hydrogens (primary N) is 2. The largest absolute Gasteiger partial charge is 0.478 e. The van der Waals surface area contributed by atoms with Gasteiger partial charge in [-0.05, 0) is 12.5 Å². The summed E-state index contributed by atoms with van der Waals surface area (Å²) < 4.78 is 5.82. The van der Waals surface area contributed by atoms with Crippen LogP contribution in [0.15, 0.2) is 16.6 Å². The number of unbranched alkanes of at least 4 members (excludes halogenated alkanes) is 2. The van der Waals surface area contributed by atoms with Crippen LogP contribution in [0.5, 0.6) is 0 Å². The van der Waals surface area contributed by atoms with Gasteiger partial charge in [-0.2, -0.15) is 0 Å². The Balaban J connectivity index is 2.98. The van der Waals surface area contributed by atoms with E-state index in [2.05, 4.69) is 17.2 Å². The van der Waals surface area contributed by atoms with Gasteiger partial charge in [0.2, 0.25) is 5.91 Å². The van der Waals surface area contributed by atoms with E-state index in [-0.39, 0.29) is 23.9 Å². The Kier molecular flexibility index (Phi) is 7.53. The quantitative estimate of drug-likeness (QED) is 0.284. The van der Waals surface area contributed by atoms with Gasteiger partial charge in [0.1, 0.15) is 0 Å². The molecule has 0 fully saturated rings. The van der Waals surface area contributed by atoms with Crippen LogP contribution in [0.1, 0.15) is 39.5 Å². The fourth-order valence-electron chi connectivity index (χ4n) is 2.55. The van der Waals surface area contributed by atoms with Crippen molar-refractivity contribution in [2.45, 2.75) is 57.7 Å². The minimum Gasteiger partial charge on any atom is -0.478 e. The highest BCUT2D eigenvalue weighted by Crippen LogP contribution is 2.25. The Morgan fingerprint density at radius 2 is 2.13 bits per heavy atom. The van der Waals surface area contributed by atoms with Gasteiger partial charge >= 0.3 is 5.97 Å². The first-order chi connectivity index (χ1) is 10.8. The van der Waals surface area contributed by atoms with Crippen LogP contribution in [0.4, 0.5) is 0 Å². The number of nitrogens with zero attached hydrogens (tertiary/aromatic N) is 1. The van der Waals surface area contributed by atoms with Crippen molar-refractivity contribution in [3.8, 4) is 0 Å². The zero-order valence-electron chi connectivity index (χ0n) is 13.6. The topological polar surface area (TPSA) is 140 Å². The Hall–Kier alpha value is -2.09. The normalized spacial score (nSPS) is 23.7. The molecule has 3 unspecified atom stereocenters. The summed E-state index contributed by atoms with van der Waals surface area (Å²) in [4.78, 5) is 26.8. The lowest BCUT2D eigenvalue weighted by Crippen LogP contribution is -2.53. The van der Waals surface area contributed by atoms with Crippen LogP contribution in [-0.4, -0.2) is 47.7 Å². The van der Waals surface area contributed by atoms with Crippen LogP contribution in [0, 0.1) is 0 Å². The van der Waals surface area contributed by atoms with E-state index in [9.17, 15) is 14.7 Å². The van der Waals surface area contributed by atoms with Gasteiger partial charge < -0.3 is 26.6 Å². The molecular weight excluding hydrogens is 300 g/mol. The number of amides is 1.